The minimum atomic E-state index is -0.479. The summed E-state index contributed by atoms with van der Waals surface area (Å²) in [5.41, 5.74) is 7.02. The number of amides is 3. The number of ether oxygens (including phenoxy) is 1. The Hall–Kier alpha value is -2.87. The van der Waals surface area contributed by atoms with E-state index in [1.54, 1.807) is 24.3 Å². The fourth-order valence-corrected chi connectivity index (χ4v) is 2.50. The summed E-state index contributed by atoms with van der Waals surface area (Å²) in [5.74, 6) is -0.548. The van der Waals surface area contributed by atoms with Gasteiger partial charge in [-0.05, 0) is 55.3 Å². The van der Waals surface area contributed by atoms with Crippen LogP contribution in [0.3, 0.4) is 0 Å². The van der Waals surface area contributed by atoms with Crippen molar-refractivity contribution < 1.29 is 19.1 Å². The molecule has 2 rings (SSSR count). The van der Waals surface area contributed by atoms with Crippen molar-refractivity contribution in [3.63, 3.8) is 0 Å². The Morgan fingerprint density at radius 3 is 2.36 bits per heavy atom. The van der Waals surface area contributed by atoms with Crippen LogP contribution in [0.15, 0.2) is 46.9 Å². The van der Waals surface area contributed by atoms with Gasteiger partial charge in [-0.2, -0.15) is 0 Å². The lowest BCUT2D eigenvalue weighted by Crippen LogP contribution is -2.44. The zero-order valence-corrected chi connectivity index (χ0v) is 17.3. The van der Waals surface area contributed by atoms with E-state index in [0.29, 0.717) is 11.3 Å². The van der Waals surface area contributed by atoms with Gasteiger partial charge in [-0.3, -0.25) is 25.2 Å². The smallest absolute Gasteiger partial charge is 0.276 e. The topological polar surface area (TPSA) is 96.5 Å². The Morgan fingerprint density at radius 1 is 0.964 bits per heavy atom. The fraction of sp³-hybridized carbons (Fsp3) is 0.250. The molecule has 3 amide bonds. The molecule has 8 heteroatoms. The number of carbonyl (C=O) groups excluding carboxylic acids is 3. The molecule has 0 heterocycles. The lowest BCUT2D eigenvalue weighted by atomic mass is 10.1. The molecule has 0 unspecified atom stereocenters. The standard InChI is InChI=1S/C20H22BrN3O4/c1-13-3-4-14(2)17(11-13)28-12-19(26)24-23-18(25)9-10-22-20(27)15-5-7-16(21)8-6-15/h3-8,11H,9-10,12H2,1-2H3,(H,22,27)(H,23,25)(H,24,26). The molecule has 0 fully saturated rings. The van der Waals surface area contributed by atoms with Gasteiger partial charge >= 0.3 is 0 Å². The molecule has 0 radical (unpaired) electrons. The molecule has 0 saturated carbocycles. The Kier molecular flexibility index (Phi) is 8.01. The molecular weight excluding hydrogens is 426 g/mol. The molecule has 2 aromatic rings. The van der Waals surface area contributed by atoms with Crippen molar-refractivity contribution in [3.05, 3.63) is 63.6 Å². The van der Waals surface area contributed by atoms with E-state index >= 15 is 0 Å². The largest absolute Gasteiger partial charge is 0.483 e. The van der Waals surface area contributed by atoms with Crippen LogP contribution in [-0.4, -0.2) is 30.9 Å². The Morgan fingerprint density at radius 2 is 1.64 bits per heavy atom. The molecule has 0 aliphatic heterocycles. The maximum absolute atomic E-state index is 11.9. The van der Waals surface area contributed by atoms with Crippen molar-refractivity contribution in [2.75, 3.05) is 13.2 Å². The van der Waals surface area contributed by atoms with E-state index in [9.17, 15) is 14.4 Å². The third kappa shape index (κ3) is 7.03. The molecule has 0 spiro atoms. The van der Waals surface area contributed by atoms with Gasteiger partial charge in [-0.1, -0.05) is 28.1 Å². The number of halogens is 1. The van der Waals surface area contributed by atoms with Crippen LogP contribution in [-0.2, 0) is 9.59 Å². The highest BCUT2D eigenvalue weighted by Crippen LogP contribution is 2.18. The Balaban J connectivity index is 1.65. The van der Waals surface area contributed by atoms with Crippen LogP contribution in [0.25, 0.3) is 0 Å². The number of aryl methyl sites for hydroxylation is 2. The maximum Gasteiger partial charge on any atom is 0.276 e. The van der Waals surface area contributed by atoms with Gasteiger partial charge in [0.25, 0.3) is 11.8 Å². The number of hydrogen-bond acceptors (Lipinski definition) is 4. The number of benzene rings is 2. The zero-order valence-electron chi connectivity index (χ0n) is 15.7. The van der Waals surface area contributed by atoms with Gasteiger partial charge in [0.15, 0.2) is 6.61 Å². The second kappa shape index (κ2) is 10.5. The van der Waals surface area contributed by atoms with Crippen molar-refractivity contribution in [2.45, 2.75) is 20.3 Å². The molecule has 0 atom stereocenters. The summed E-state index contributed by atoms with van der Waals surface area (Å²) in [7, 11) is 0. The monoisotopic (exact) mass is 447 g/mol. The number of rotatable bonds is 7. The average Bonchev–Trinajstić information content (AvgIpc) is 2.67. The number of carbonyl (C=O) groups is 3. The predicted molar refractivity (Wildman–Crippen MR) is 109 cm³/mol. The van der Waals surface area contributed by atoms with Crippen LogP contribution >= 0.6 is 15.9 Å². The number of nitrogens with one attached hydrogen (secondary N) is 3. The van der Waals surface area contributed by atoms with E-state index in [-0.39, 0.29) is 25.5 Å². The second-order valence-electron chi connectivity index (χ2n) is 6.17. The van der Waals surface area contributed by atoms with E-state index in [2.05, 4.69) is 32.1 Å². The number of hydrazine groups is 1. The lowest BCUT2D eigenvalue weighted by molar-refractivity contribution is -0.129. The normalized spacial score (nSPS) is 10.1. The van der Waals surface area contributed by atoms with Crippen molar-refractivity contribution in [1.29, 1.82) is 0 Å². The summed E-state index contributed by atoms with van der Waals surface area (Å²) in [6, 6.07) is 12.6. The van der Waals surface area contributed by atoms with Gasteiger partial charge < -0.3 is 10.1 Å². The van der Waals surface area contributed by atoms with E-state index in [1.165, 1.54) is 0 Å². The highest BCUT2D eigenvalue weighted by Gasteiger charge is 2.09. The van der Waals surface area contributed by atoms with E-state index in [0.717, 1.165) is 15.6 Å². The summed E-state index contributed by atoms with van der Waals surface area (Å²) in [6.45, 7) is 3.75. The van der Waals surface area contributed by atoms with Crippen LogP contribution in [0.4, 0.5) is 0 Å². The van der Waals surface area contributed by atoms with Crippen LogP contribution in [0, 0.1) is 13.8 Å². The summed E-state index contributed by atoms with van der Waals surface area (Å²) in [6.07, 6.45) is 0.0282. The molecule has 148 valence electrons. The maximum atomic E-state index is 11.9. The first-order valence-electron chi connectivity index (χ1n) is 8.66. The molecule has 28 heavy (non-hydrogen) atoms. The first-order valence-corrected chi connectivity index (χ1v) is 9.46. The molecular formula is C20H22BrN3O4. The van der Waals surface area contributed by atoms with Crippen LogP contribution in [0.1, 0.15) is 27.9 Å². The van der Waals surface area contributed by atoms with E-state index in [4.69, 9.17) is 4.74 Å². The number of hydrogen-bond donors (Lipinski definition) is 3. The average molecular weight is 448 g/mol. The van der Waals surface area contributed by atoms with Gasteiger partial charge in [0.2, 0.25) is 5.91 Å². The third-order valence-electron chi connectivity index (χ3n) is 3.79. The van der Waals surface area contributed by atoms with Crippen LogP contribution < -0.4 is 20.9 Å². The fourth-order valence-electron chi connectivity index (χ4n) is 2.24. The lowest BCUT2D eigenvalue weighted by Gasteiger charge is -2.11. The molecule has 3 N–H and O–H groups in total. The summed E-state index contributed by atoms with van der Waals surface area (Å²) in [5, 5.41) is 2.64. The van der Waals surface area contributed by atoms with E-state index in [1.807, 2.05) is 32.0 Å². The summed E-state index contributed by atoms with van der Waals surface area (Å²) >= 11 is 3.30. The van der Waals surface area contributed by atoms with Gasteiger partial charge in [-0.15, -0.1) is 0 Å². The zero-order chi connectivity index (χ0) is 20.5. The van der Waals surface area contributed by atoms with Gasteiger partial charge in [0.1, 0.15) is 5.75 Å². The van der Waals surface area contributed by atoms with Gasteiger partial charge in [-0.25, -0.2) is 0 Å². The Bertz CT molecular complexity index is 853. The molecule has 0 aromatic heterocycles. The minimum absolute atomic E-state index is 0.0282. The van der Waals surface area contributed by atoms with Crippen LogP contribution in [0.5, 0.6) is 5.75 Å². The first kappa shape index (κ1) is 21.4. The van der Waals surface area contributed by atoms with Gasteiger partial charge in [0, 0.05) is 23.0 Å². The quantitative estimate of drug-likeness (QED) is 0.567. The summed E-state index contributed by atoms with van der Waals surface area (Å²) in [4.78, 5) is 35.5. The Labute approximate surface area is 171 Å². The molecule has 0 bridgehead atoms. The highest BCUT2D eigenvalue weighted by molar-refractivity contribution is 9.10. The molecule has 7 nitrogen and oxygen atoms in total. The predicted octanol–water partition coefficient (Wildman–Crippen LogP) is 2.41. The highest BCUT2D eigenvalue weighted by atomic mass is 79.9. The third-order valence-corrected chi connectivity index (χ3v) is 4.32. The van der Waals surface area contributed by atoms with Gasteiger partial charge in [0.05, 0.1) is 0 Å². The summed E-state index contributed by atoms with van der Waals surface area (Å²) < 4.78 is 6.33. The molecule has 0 aliphatic carbocycles. The molecule has 0 aliphatic rings. The van der Waals surface area contributed by atoms with Crippen molar-refractivity contribution in [2.24, 2.45) is 0 Å². The molecule has 0 saturated heterocycles. The SMILES string of the molecule is Cc1ccc(C)c(OCC(=O)NNC(=O)CCNC(=O)c2ccc(Br)cc2)c1. The van der Waals surface area contributed by atoms with E-state index < -0.39 is 11.8 Å². The van der Waals surface area contributed by atoms with Crippen molar-refractivity contribution in [3.8, 4) is 5.75 Å². The molecule has 2 aromatic carbocycles. The first-order chi connectivity index (χ1) is 13.3. The van der Waals surface area contributed by atoms with Crippen molar-refractivity contribution >= 4 is 33.7 Å². The van der Waals surface area contributed by atoms with Crippen LogP contribution in [0.2, 0.25) is 0 Å². The second-order valence-corrected chi connectivity index (χ2v) is 7.08. The minimum Gasteiger partial charge on any atom is -0.483 e. The van der Waals surface area contributed by atoms with Crippen molar-refractivity contribution in [1.82, 2.24) is 16.2 Å².